The van der Waals surface area contributed by atoms with Crippen molar-refractivity contribution in [2.24, 2.45) is 10.9 Å². The topological polar surface area (TPSA) is 47.0 Å². The lowest BCUT2D eigenvalue weighted by Gasteiger charge is -2.39. The summed E-state index contributed by atoms with van der Waals surface area (Å²) in [5.74, 6) is 3.30. The van der Waals surface area contributed by atoms with E-state index in [-0.39, 0.29) is 24.0 Å². The fraction of sp³-hybridized carbons (Fsp3) is 0.520. The van der Waals surface area contributed by atoms with Crippen molar-refractivity contribution >= 4 is 35.8 Å². The molecule has 2 aliphatic heterocycles. The molecule has 2 fully saturated rings. The molecule has 2 unspecified atom stereocenters. The minimum Gasteiger partial charge on any atom is -0.354 e. The number of hydrogen-bond acceptors (Lipinski definition) is 4. The maximum absolute atomic E-state index is 4.61. The first-order valence-electron chi connectivity index (χ1n) is 11.5. The number of rotatable bonds is 4. The van der Waals surface area contributed by atoms with E-state index in [1.54, 1.807) is 0 Å². The van der Waals surface area contributed by atoms with Gasteiger partial charge in [0.05, 0.1) is 0 Å². The summed E-state index contributed by atoms with van der Waals surface area (Å²) >= 11 is 0. The van der Waals surface area contributed by atoms with Gasteiger partial charge in [0.15, 0.2) is 5.96 Å². The second kappa shape index (κ2) is 11.8. The van der Waals surface area contributed by atoms with E-state index in [4.69, 9.17) is 0 Å². The van der Waals surface area contributed by atoms with Crippen LogP contribution in [-0.4, -0.2) is 74.1 Å². The monoisotopic (exact) mass is 548 g/mol. The van der Waals surface area contributed by atoms with Gasteiger partial charge in [-0.25, -0.2) is 4.98 Å². The Bertz CT molecular complexity index is 866. The molecule has 0 saturated carbocycles. The number of pyridine rings is 1. The summed E-state index contributed by atoms with van der Waals surface area (Å²) in [6.45, 7) is 9.45. The highest BCUT2D eigenvalue weighted by molar-refractivity contribution is 14.0. The summed E-state index contributed by atoms with van der Waals surface area (Å²) in [5.41, 5.74) is 2.71. The van der Waals surface area contributed by atoms with Crippen molar-refractivity contribution in [2.45, 2.75) is 25.8 Å². The van der Waals surface area contributed by atoms with Gasteiger partial charge < -0.3 is 20.0 Å². The van der Waals surface area contributed by atoms with E-state index in [1.165, 1.54) is 11.1 Å². The van der Waals surface area contributed by atoms with Crippen molar-refractivity contribution in [3.8, 4) is 0 Å². The second-order valence-corrected chi connectivity index (χ2v) is 8.94. The Morgan fingerprint density at radius 2 is 1.84 bits per heavy atom. The summed E-state index contributed by atoms with van der Waals surface area (Å²) in [4.78, 5) is 16.4. The number of aromatic nitrogens is 1. The van der Waals surface area contributed by atoms with Crippen LogP contribution in [0.1, 0.15) is 30.4 Å². The lowest BCUT2D eigenvalue weighted by molar-refractivity contribution is 0.234. The predicted molar refractivity (Wildman–Crippen MR) is 144 cm³/mol. The largest absolute Gasteiger partial charge is 0.354 e. The number of hydrogen-bond donors (Lipinski definition) is 1. The number of halogens is 1. The third kappa shape index (κ3) is 6.13. The van der Waals surface area contributed by atoms with Gasteiger partial charge in [-0.2, -0.15) is 0 Å². The Labute approximate surface area is 210 Å². The van der Waals surface area contributed by atoms with Crippen molar-refractivity contribution in [3.05, 3.63) is 59.8 Å². The lowest BCUT2D eigenvalue weighted by atomic mass is 9.82. The molecule has 2 aliphatic rings. The number of nitrogens with one attached hydrogen (secondary N) is 1. The molecule has 0 spiro atoms. The number of likely N-dealkylation sites (tertiary alicyclic amines) is 1. The van der Waals surface area contributed by atoms with E-state index < -0.39 is 0 Å². The molecule has 6 nitrogen and oxygen atoms in total. The van der Waals surface area contributed by atoms with Gasteiger partial charge in [-0.05, 0) is 48.6 Å². The normalized spacial score (nSPS) is 22.4. The maximum Gasteiger partial charge on any atom is 0.193 e. The van der Waals surface area contributed by atoms with E-state index in [2.05, 4.69) is 86.4 Å². The number of guanidine groups is 1. The Balaban J connectivity index is 0.00000289. The van der Waals surface area contributed by atoms with E-state index >= 15 is 0 Å². The fourth-order valence-corrected chi connectivity index (χ4v) is 4.83. The minimum atomic E-state index is 0. The second-order valence-electron chi connectivity index (χ2n) is 8.94. The smallest absolute Gasteiger partial charge is 0.193 e. The first kappa shape index (κ1) is 24.8. The molecule has 7 heteroatoms. The number of likely N-dealkylation sites (N-methyl/N-ethyl adjacent to an activating group) is 1. The van der Waals surface area contributed by atoms with Crippen LogP contribution in [0.5, 0.6) is 0 Å². The molecule has 32 heavy (non-hydrogen) atoms. The molecule has 174 valence electrons. The van der Waals surface area contributed by atoms with Crippen molar-refractivity contribution in [2.75, 3.05) is 58.3 Å². The Morgan fingerprint density at radius 3 is 2.53 bits per heavy atom. The number of piperidine rings is 1. The first-order chi connectivity index (χ1) is 15.1. The van der Waals surface area contributed by atoms with E-state index in [1.807, 2.05) is 13.2 Å². The van der Waals surface area contributed by atoms with Crippen LogP contribution in [0.15, 0.2) is 53.7 Å². The Hall–Kier alpha value is -1.87. The molecule has 1 N–H and O–H groups in total. The van der Waals surface area contributed by atoms with Crippen molar-refractivity contribution in [1.29, 1.82) is 0 Å². The lowest BCUT2D eigenvalue weighted by Crippen LogP contribution is -2.47. The van der Waals surface area contributed by atoms with Crippen LogP contribution >= 0.6 is 24.0 Å². The van der Waals surface area contributed by atoms with Crippen LogP contribution in [0.4, 0.5) is 5.82 Å². The van der Waals surface area contributed by atoms with Gasteiger partial charge in [0.2, 0.25) is 0 Å². The standard InChI is InChI=1S/C25H36N6.HI/c1-20-19-31(12-10-23(20)22-7-5-4-6-8-22)25(26-2)28-18-21-9-11-27-24(17-21)30-15-13-29(3)14-16-30;/h4-9,11,17,20,23H,10,12-16,18-19H2,1-3H3,(H,26,28);1H. The van der Waals surface area contributed by atoms with Crippen LogP contribution in [0.25, 0.3) is 0 Å². The molecule has 0 bridgehead atoms. The molecule has 1 aromatic carbocycles. The van der Waals surface area contributed by atoms with Gasteiger partial charge in [0.1, 0.15) is 5.82 Å². The zero-order chi connectivity index (χ0) is 21.6. The molecular weight excluding hydrogens is 511 g/mol. The van der Waals surface area contributed by atoms with Crippen LogP contribution in [0, 0.1) is 5.92 Å². The quantitative estimate of drug-likeness (QED) is 0.359. The zero-order valence-electron chi connectivity index (χ0n) is 19.6. The molecular formula is C25H37IN6. The van der Waals surface area contributed by atoms with Gasteiger partial charge in [0.25, 0.3) is 0 Å². The molecule has 4 rings (SSSR count). The van der Waals surface area contributed by atoms with Crippen LogP contribution in [-0.2, 0) is 6.54 Å². The SMILES string of the molecule is CN=C(NCc1ccnc(N2CCN(C)CC2)c1)N1CCC(c2ccccc2)C(C)C1.I. The van der Waals surface area contributed by atoms with Crippen molar-refractivity contribution in [3.63, 3.8) is 0 Å². The van der Waals surface area contributed by atoms with Crippen LogP contribution < -0.4 is 10.2 Å². The fourth-order valence-electron chi connectivity index (χ4n) is 4.83. The van der Waals surface area contributed by atoms with Gasteiger partial charge in [-0.1, -0.05) is 37.3 Å². The molecule has 1 aromatic heterocycles. The third-order valence-electron chi connectivity index (χ3n) is 6.73. The zero-order valence-corrected chi connectivity index (χ0v) is 21.9. The molecule has 3 heterocycles. The number of aliphatic imine (C=N–C) groups is 1. The predicted octanol–water partition coefficient (Wildman–Crippen LogP) is 3.65. The number of piperazine rings is 1. The summed E-state index contributed by atoms with van der Waals surface area (Å²) in [5, 5.41) is 3.59. The summed E-state index contributed by atoms with van der Waals surface area (Å²) in [6, 6.07) is 15.3. The summed E-state index contributed by atoms with van der Waals surface area (Å²) < 4.78 is 0. The average molecular weight is 549 g/mol. The number of anilines is 1. The highest BCUT2D eigenvalue weighted by Crippen LogP contribution is 2.32. The highest BCUT2D eigenvalue weighted by atomic mass is 127. The number of benzene rings is 1. The molecule has 0 amide bonds. The summed E-state index contributed by atoms with van der Waals surface area (Å²) in [7, 11) is 4.07. The third-order valence-corrected chi connectivity index (χ3v) is 6.73. The van der Waals surface area contributed by atoms with Crippen LogP contribution in [0.3, 0.4) is 0 Å². The Morgan fingerprint density at radius 1 is 1.09 bits per heavy atom. The van der Waals surface area contributed by atoms with Crippen LogP contribution in [0.2, 0.25) is 0 Å². The van der Waals surface area contributed by atoms with Crippen molar-refractivity contribution < 1.29 is 0 Å². The molecule has 2 saturated heterocycles. The van der Waals surface area contributed by atoms with Crippen molar-refractivity contribution in [1.82, 2.24) is 20.1 Å². The minimum absolute atomic E-state index is 0. The molecule has 2 aromatic rings. The van der Waals surface area contributed by atoms with E-state index in [0.717, 1.165) is 64.0 Å². The number of nitrogens with zero attached hydrogens (tertiary/aromatic N) is 5. The van der Waals surface area contributed by atoms with Gasteiger partial charge in [-0.15, -0.1) is 24.0 Å². The van der Waals surface area contributed by atoms with Gasteiger partial charge >= 0.3 is 0 Å². The maximum atomic E-state index is 4.61. The molecule has 0 aliphatic carbocycles. The highest BCUT2D eigenvalue weighted by Gasteiger charge is 2.28. The van der Waals surface area contributed by atoms with Gasteiger partial charge in [-0.3, -0.25) is 4.99 Å². The van der Waals surface area contributed by atoms with E-state index in [0.29, 0.717) is 11.8 Å². The molecule has 0 radical (unpaired) electrons. The first-order valence-corrected chi connectivity index (χ1v) is 11.5. The van der Waals surface area contributed by atoms with Gasteiger partial charge in [0, 0.05) is 59.1 Å². The average Bonchev–Trinajstić information content (AvgIpc) is 2.81. The summed E-state index contributed by atoms with van der Waals surface area (Å²) in [6.07, 6.45) is 3.09. The van der Waals surface area contributed by atoms with E-state index in [9.17, 15) is 0 Å². The molecule has 2 atom stereocenters. The Kier molecular flexibility index (Phi) is 9.16.